The van der Waals surface area contributed by atoms with Crippen LogP contribution in [0.25, 0.3) is 10.9 Å². The van der Waals surface area contributed by atoms with Crippen LogP contribution in [0.15, 0.2) is 59.5 Å². The molecule has 1 aliphatic rings. The van der Waals surface area contributed by atoms with Crippen molar-refractivity contribution in [2.45, 2.75) is 23.0 Å². The normalized spacial score (nSPS) is 15.5. The number of para-hydroxylation sites is 1. The summed E-state index contributed by atoms with van der Waals surface area (Å²) in [4.78, 5) is 18.8. The molecular weight excluding hydrogens is 392 g/mol. The Bertz CT molecular complexity index is 1180. The van der Waals surface area contributed by atoms with Crippen LogP contribution in [0.2, 0.25) is 0 Å². The molecule has 0 aliphatic carbocycles. The molecule has 0 atom stereocenters. The molecule has 0 radical (unpaired) electrons. The predicted molar refractivity (Wildman–Crippen MR) is 108 cm³/mol. The van der Waals surface area contributed by atoms with E-state index in [4.69, 9.17) is 0 Å². The van der Waals surface area contributed by atoms with Gasteiger partial charge in [0.1, 0.15) is 22.7 Å². The maximum absolute atomic E-state index is 12.8. The zero-order chi connectivity index (χ0) is 20.6. The number of carbonyl (C=O) groups excluding carboxylic acids is 1. The third kappa shape index (κ3) is 3.63. The van der Waals surface area contributed by atoms with Crippen molar-refractivity contribution in [3.05, 3.63) is 60.3 Å². The van der Waals surface area contributed by atoms with Crippen molar-refractivity contribution < 1.29 is 23.4 Å². The van der Waals surface area contributed by atoms with E-state index in [1.807, 2.05) is 0 Å². The molecule has 2 N–H and O–H groups in total. The van der Waals surface area contributed by atoms with Crippen molar-refractivity contribution >= 4 is 26.6 Å². The van der Waals surface area contributed by atoms with Crippen molar-refractivity contribution in [2.24, 2.45) is 0 Å². The smallest absolute Gasteiger partial charge is 0.272 e. The third-order valence-corrected chi connectivity index (χ3v) is 7.49. The van der Waals surface area contributed by atoms with Crippen molar-refractivity contribution in [3.63, 3.8) is 0 Å². The Kier molecular flexibility index (Phi) is 4.87. The van der Waals surface area contributed by atoms with Gasteiger partial charge in [-0.1, -0.05) is 24.3 Å². The molecule has 4 rings (SSSR count). The van der Waals surface area contributed by atoms with E-state index in [1.54, 1.807) is 29.2 Å². The van der Waals surface area contributed by atoms with Gasteiger partial charge in [-0.2, -0.15) is 0 Å². The van der Waals surface area contributed by atoms with E-state index in [1.165, 1.54) is 30.3 Å². The van der Waals surface area contributed by atoms with Gasteiger partial charge in [0.2, 0.25) is 0 Å². The summed E-state index contributed by atoms with van der Waals surface area (Å²) in [5, 5.41) is 19.7. The van der Waals surface area contributed by atoms with Crippen LogP contribution in [-0.4, -0.2) is 52.8 Å². The highest BCUT2D eigenvalue weighted by molar-refractivity contribution is 7.92. The molecule has 1 saturated heterocycles. The number of piperidine rings is 1. The minimum Gasteiger partial charge on any atom is -0.508 e. The first kappa shape index (κ1) is 19.2. The zero-order valence-corrected chi connectivity index (χ0v) is 16.3. The number of hydrogen-bond acceptors (Lipinski definition) is 6. The molecule has 0 spiro atoms. The second kappa shape index (κ2) is 7.36. The first-order chi connectivity index (χ1) is 13.9. The van der Waals surface area contributed by atoms with Crippen LogP contribution in [0, 0.1) is 0 Å². The number of phenolic OH excluding ortho intramolecular Hbond substituents is 2. The van der Waals surface area contributed by atoms with E-state index in [0.29, 0.717) is 31.4 Å². The minimum atomic E-state index is -3.58. The van der Waals surface area contributed by atoms with Crippen molar-refractivity contribution in [1.82, 2.24) is 9.88 Å². The van der Waals surface area contributed by atoms with E-state index in [-0.39, 0.29) is 28.0 Å². The van der Waals surface area contributed by atoms with Crippen molar-refractivity contribution in [1.29, 1.82) is 0 Å². The predicted octanol–water partition coefficient (Wildman–Crippen LogP) is 2.72. The summed E-state index contributed by atoms with van der Waals surface area (Å²) in [7, 11) is -3.58. The van der Waals surface area contributed by atoms with E-state index in [2.05, 4.69) is 4.98 Å². The molecule has 1 fully saturated rings. The van der Waals surface area contributed by atoms with Crippen LogP contribution < -0.4 is 0 Å². The third-order valence-electron chi connectivity index (χ3n) is 5.23. The van der Waals surface area contributed by atoms with Gasteiger partial charge in [0.15, 0.2) is 9.84 Å². The Morgan fingerprint density at radius 1 is 1.00 bits per heavy atom. The SMILES string of the molecule is O=C(c1ccc2cccc(O)c2n1)N1CCC(S(=O)(=O)c2cccc(O)c2)CC1. The van der Waals surface area contributed by atoms with Gasteiger partial charge in [0, 0.05) is 18.5 Å². The number of aromatic hydroxyl groups is 2. The second-order valence-electron chi connectivity index (χ2n) is 7.08. The number of amides is 1. The summed E-state index contributed by atoms with van der Waals surface area (Å²) < 4.78 is 25.6. The number of likely N-dealkylation sites (tertiary alicyclic amines) is 1. The highest BCUT2D eigenvalue weighted by atomic mass is 32.2. The lowest BCUT2D eigenvalue weighted by atomic mass is 10.1. The lowest BCUT2D eigenvalue weighted by Gasteiger charge is -2.31. The Balaban J connectivity index is 1.49. The van der Waals surface area contributed by atoms with Crippen LogP contribution >= 0.6 is 0 Å². The first-order valence-electron chi connectivity index (χ1n) is 9.27. The molecule has 8 heteroatoms. The van der Waals surface area contributed by atoms with Crippen LogP contribution in [0.5, 0.6) is 11.5 Å². The molecule has 1 amide bonds. The number of fused-ring (bicyclic) bond motifs is 1. The lowest BCUT2D eigenvalue weighted by molar-refractivity contribution is 0.0720. The number of sulfone groups is 1. The lowest BCUT2D eigenvalue weighted by Crippen LogP contribution is -2.42. The van der Waals surface area contributed by atoms with Gasteiger partial charge in [-0.25, -0.2) is 13.4 Å². The molecular formula is C21H20N2O5S. The molecule has 29 heavy (non-hydrogen) atoms. The molecule has 1 aliphatic heterocycles. The quantitative estimate of drug-likeness (QED) is 0.685. The second-order valence-corrected chi connectivity index (χ2v) is 9.31. The number of phenols is 2. The van der Waals surface area contributed by atoms with Gasteiger partial charge in [-0.05, 0) is 43.2 Å². The van der Waals surface area contributed by atoms with Crippen molar-refractivity contribution in [2.75, 3.05) is 13.1 Å². The zero-order valence-electron chi connectivity index (χ0n) is 15.5. The maximum atomic E-state index is 12.8. The van der Waals surface area contributed by atoms with Crippen LogP contribution in [0.1, 0.15) is 23.3 Å². The summed E-state index contributed by atoms with van der Waals surface area (Å²) in [6, 6.07) is 14.0. The van der Waals surface area contributed by atoms with E-state index in [0.717, 1.165) is 5.39 Å². The van der Waals surface area contributed by atoms with E-state index in [9.17, 15) is 23.4 Å². The number of benzene rings is 2. The molecule has 3 aromatic rings. The van der Waals surface area contributed by atoms with Gasteiger partial charge in [-0.15, -0.1) is 0 Å². The standard InChI is InChI=1S/C21H20N2O5S/c24-15-4-2-5-17(13-15)29(27,28)16-9-11-23(12-10-16)21(26)18-8-7-14-3-1-6-19(25)20(14)22-18/h1-8,13,16,24-25H,9-12H2. The Hall–Kier alpha value is -3.13. The fourth-order valence-electron chi connectivity index (χ4n) is 3.63. The van der Waals surface area contributed by atoms with E-state index < -0.39 is 15.1 Å². The van der Waals surface area contributed by atoms with Crippen LogP contribution in [-0.2, 0) is 9.84 Å². The number of hydrogen-bond donors (Lipinski definition) is 2. The molecule has 2 aromatic carbocycles. The minimum absolute atomic E-state index is 0.00747. The summed E-state index contributed by atoms with van der Waals surface area (Å²) in [6.45, 7) is 0.587. The fourth-order valence-corrected chi connectivity index (χ4v) is 5.40. The summed E-state index contributed by atoms with van der Waals surface area (Å²) in [5.41, 5.74) is 0.577. The fraction of sp³-hybridized carbons (Fsp3) is 0.238. The van der Waals surface area contributed by atoms with Gasteiger partial charge in [0.05, 0.1) is 10.1 Å². The topological polar surface area (TPSA) is 108 Å². The number of nitrogens with zero attached hydrogens (tertiary/aromatic N) is 2. The summed E-state index contributed by atoms with van der Waals surface area (Å²) in [6.07, 6.45) is 0.616. The van der Waals surface area contributed by atoms with Gasteiger partial charge in [-0.3, -0.25) is 4.79 Å². The average molecular weight is 412 g/mol. The molecule has 0 unspecified atom stereocenters. The monoisotopic (exact) mass is 412 g/mol. The number of rotatable bonds is 3. The van der Waals surface area contributed by atoms with E-state index >= 15 is 0 Å². The summed E-state index contributed by atoms with van der Waals surface area (Å²) in [5.74, 6) is -0.374. The van der Waals surface area contributed by atoms with Crippen LogP contribution in [0.4, 0.5) is 0 Å². The average Bonchev–Trinajstić information content (AvgIpc) is 2.73. The first-order valence-corrected chi connectivity index (χ1v) is 10.8. The van der Waals surface area contributed by atoms with Gasteiger partial charge in [0.25, 0.3) is 5.91 Å². The number of carbonyl (C=O) groups is 1. The highest BCUT2D eigenvalue weighted by Crippen LogP contribution is 2.28. The Morgan fingerprint density at radius 3 is 2.45 bits per heavy atom. The van der Waals surface area contributed by atoms with Crippen LogP contribution in [0.3, 0.4) is 0 Å². The Labute approximate surface area is 168 Å². The van der Waals surface area contributed by atoms with Gasteiger partial charge >= 0.3 is 0 Å². The van der Waals surface area contributed by atoms with Crippen molar-refractivity contribution in [3.8, 4) is 11.5 Å². The maximum Gasteiger partial charge on any atom is 0.272 e. The molecule has 150 valence electrons. The molecule has 7 nitrogen and oxygen atoms in total. The van der Waals surface area contributed by atoms with Gasteiger partial charge < -0.3 is 15.1 Å². The molecule has 0 bridgehead atoms. The largest absolute Gasteiger partial charge is 0.508 e. The number of aromatic nitrogens is 1. The summed E-state index contributed by atoms with van der Waals surface area (Å²) >= 11 is 0. The molecule has 1 aromatic heterocycles. The molecule has 2 heterocycles. The molecule has 0 saturated carbocycles. The highest BCUT2D eigenvalue weighted by Gasteiger charge is 2.33. The Morgan fingerprint density at radius 2 is 1.72 bits per heavy atom. The number of pyridine rings is 1.